The lowest BCUT2D eigenvalue weighted by Crippen LogP contribution is -2.24. The zero-order valence-electron chi connectivity index (χ0n) is 17.2. The lowest BCUT2D eigenvalue weighted by molar-refractivity contribution is 0.382. The molecular weight excluding hydrogens is 470 g/mol. The average molecular weight is 484 g/mol. The molecule has 0 radical (unpaired) electrons. The summed E-state index contributed by atoms with van der Waals surface area (Å²) in [5.74, 6) is -10.9. The zero-order valence-corrected chi connectivity index (χ0v) is 18.1. The first-order valence-electron chi connectivity index (χ1n) is 9.83. The van der Waals surface area contributed by atoms with Crippen molar-refractivity contribution in [3.63, 3.8) is 0 Å². The maximum Gasteiger partial charge on any atom is 0.227 e. The van der Waals surface area contributed by atoms with Gasteiger partial charge in [-0.1, -0.05) is 48.5 Å². The van der Waals surface area contributed by atoms with Crippen molar-refractivity contribution in [1.29, 1.82) is 5.26 Å². The molecule has 4 aromatic carbocycles. The van der Waals surface area contributed by atoms with E-state index in [1.54, 1.807) is 30.3 Å². The summed E-state index contributed by atoms with van der Waals surface area (Å²) in [6.07, 6.45) is 0. The fourth-order valence-electron chi connectivity index (χ4n) is 3.48. The Hall–Kier alpha value is -3.95. The Bertz CT molecular complexity index is 1440. The Morgan fingerprint density at radius 2 is 1.21 bits per heavy atom. The van der Waals surface area contributed by atoms with Crippen LogP contribution in [0.25, 0.3) is 11.1 Å². The van der Waals surface area contributed by atoms with E-state index in [9.17, 15) is 26.5 Å². The fraction of sp³-hybridized carbons (Fsp3) is 0. The summed E-state index contributed by atoms with van der Waals surface area (Å²) in [5, 5.41) is 11.4. The SMILES string of the molecule is N#Cc1ccc(-c2ccccc2P(=O)(Nc2c(F)c(F)c(F)c(F)c2F)c2ccccc2)cc1. The van der Waals surface area contributed by atoms with E-state index in [4.69, 9.17) is 5.26 Å². The predicted molar refractivity (Wildman–Crippen MR) is 120 cm³/mol. The van der Waals surface area contributed by atoms with Crippen LogP contribution in [0.5, 0.6) is 0 Å². The largest absolute Gasteiger partial charge is 0.324 e. The number of hydrogen-bond donors (Lipinski definition) is 1. The Kier molecular flexibility index (Phi) is 6.23. The molecule has 0 amide bonds. The molecule has 0 bridgehead atoms. The third-order valence-electron chi connectivity index (χ3n) is 5.17. The van der Waals surface area contributed by atoms with E-state index in [1.807, 2.05) is 6.07 Å². The van der Waals surface area contributed by atoms with E-state index >= 15 is 0 Å². The van der Waals surface area contributed by atoms with Gasteiger partial charge in [-0.3, -0.25) is 4.57 Å². The smallest absolute Gasteiger partial charge is 0.227 e. The molecular formula is C25H14F5N2OP. The predicted octanol–water partition coefficient (Wildman–Crippen LogP) is 6.26. The molecule has 0 aliphatic rings. The van der Waals surface area contributed by atoms with Gasteiger partial charge >= 0.3 is 0 Å². The summed E-state index contributed by atoms with van der Waals surface area (Å²) < 4.78 is 84.9. The van der Waals surface area contributed by atoms with Crippen LogP contribution in [0.3, 0.4) is 0 Å². The van der Waals surface area contributed by atoms with E-state index in [1.165, 1.54) is 48.5 Å². The molecule has 1 N–H and O–H groups in total. The summed E-state index contributed by atoms with van der Waals surface area (Å²) in [6.45, 7) is 0. The van der Waals surface area contributed by atoms with Gasteiger partial charge in [-0.25, -0.2) is 22.0 Å². The van der Waals surface area contributed by atoms with Gasteiger partial charge in [-0.15, -0.1) is 0 Å². The minimum absolute atomic E-state index is 0.0786. The summed E-state index contributed by atoms with van der Waals surface area (Å²) in [5.41, 5.74) is -0.0919. The molecule has 1 unspecified atom stereocenters. The lowest BCUT2D eigenvalue weighted by Gasteiger charge is -2.25. The molecule has 3 nitrogen and oxygen atoms in total. The standard InChI is InChI=1S/C25H14F5N2OP/c26-20-21(27)23(29)25(24(30)22(20)28)32-34(33,17-6-2-1-3-7-17)19-9-5-4-8-18(19)16-12-10-15(14-31)11-13-16/h1-13H,(H,32,33). The molecule has 4 rings (SSSR count). The number of nitrogens with zero attached hydrogens (tertiary/aromatic N) is 1. The second-order valence-electron chi connectivity index (χ2n) is 7.21. The second-order valence-corrected chi connectivity index (χ2v) is 9.65. The second kappa shape index (κ2) is 9.12. The molecule has 0 spiro atoms. The molecule has 0 aliphatic carbocycles. The van der Waals surface area contributed by atoms with Gasteiger partial charge in [0, 0.05) is 10.6 Å². The number of nitrogens with one attached hydrogen (secondary N) is 1. The highest BCUT2D eigenvalue weighted by Gasteiger charge is 2.35. The van der Waals surface area contributed by atoms with Gasteiger partial charge in [0.15, 0.2) is 23.3 Å². The summed E-state index contributed by atoms with van der Waals surface area (Å²) in [6, 6.07) is 22.0. The van der Waals surface area contributed by atoms with Gasteiger partial charge in [0.25, 0.3) is 0 Å². The first-order valence-corrected chi connectivity index (χ1v) is 11.5. The molecule has 0 saturated heterocycles. The van der Waals surface area contributed by atoms with Gasteiger partial charge in [0.2, 0.25) is 13.1 Å². The maximum atomic E-state index is 14.5. The molecule has 0 fully saturated rings. The summed E-state index contributed by atoms with van der Waals surface area (Å²) in [4.78, 5) is 0. The third kappa shape index (κ3) is 3.95. The number of benzene rings is 4. The highest BCUT2D eigenvalue weighted by Crippen LogP contribution is 2.47. The number of nitriles is 1. The van der Waals surface area contributed by atoms with E-state index in [0.717, 1.165) is 0 Å². The van der Waals surface area contributed by atoms with E-state index in [2.05, 4.69) is 5.09 Å². The van der Waals surface area contributed by atoms with E-state index in [-0.39, 0.29) is 10.6 Å². The first kappa shape index (κ1) is 23.2. The first-order chi connectivity index (χ1) is 16.3. The third-order valence-corrected chi connectivity index (χ3v) is 7.80. The van der Waals surface area contributed by atoms with E-state index < -0.39 is 42.1 Å². The van der Waals surface area contributed by atoms with Crippen molar-refractivity contribution in [2.24, 2.45) is 0 Å². The average Bonchev–Trinajstić information content (AvgIpc) is 2.89. The quantitative estimate of drug-likeness (QED) is 0.157. The van der Waals surface area contributed by atoms with Gasteiger partial charge in [0.05, 0.1) is 11.6 Å². The number of anilines is 1. The van der Waals surface area contributed by atoms with Gasteiger partial charge < -0.3 is 5.09 Å². The van der Waals surface area contributed by atoms with Gasteiger partial charge in [0.1, 0.15) is 5.69 Å². The normalized spacial score (nSPS) is 12.6. The molecule has 0 aliphatic heterocycles. The van der Waals surface area contributed by atoms with Crippen LogP contribution < -0.4 is 15.7 Å². The topological polar surface area (TPSA) is 52.9 Å². The zero-order chi connectivity index (χ0) is 24.5. The number of rotatable bonds is 5. The van der Waals surface area contributed by atoms with E-state index in [0.29, 0.717) is 16.7 Å². The summed E-state index contributed by atoms with van der Waals surface area (Å²) in [7, 11) is -4.23. The van der Waals surface area contributed by atoms with Crippen LogP contribution >= 0.6 is 7.29 Å². The highest BCUT2D eigenvalue weighted by atomic mass is 31.2. The van der Waals surface area contributed by atoms with Gasteiger partial charge in [-0.05, 0) is 41.5 Å². The van der Waals surface area contributed by atoms with Gasteiger partial charge in [-0.2, -0.15) is 5.26 Å². The fourth-order valence-corrected chi connectivity index (χ4v) is 5.95. The van der Waals surface area contributed by atoms with Crippen LogP contribution in [0.2, 0.25) is 0 Å². The Balaban J connectivity index is 1.98. The molecule has 4 aromatic rings. The number of hydrogen-bond acceptors (Lipinski definition) is 2. The number of halogens is 5. The monoisotopic (exact) mass is 484 g/mol. The van der Waals surface area contributed by atoms with Crippen molar-refractivity contribution in [3.8, 4) is 17.2 Å². The molecule has 9 heteroatoms. The Labute approximate surface area is 191 Å². The molecule has 170 valence electrons. The molecule has 34 heavy (non-hydrogen) atoms. The minimum Gasteiger partial charge on any atom is -0.324 e. The van der Waals surface area contributed by atoms with Crippen molar-refractivity contribution in [1.82, 2.24) is 0 Å². The highest BCUT2D eigenvalue weighted by molar-refractivity contribution is 7.80. The van der Waals surface area contributed by atoms with Crippen LogP contribution in [0.15, 0.2) is 78.9 Å². The van der Waals surface area contributed by atoms with Crippen molar-refractivity contribution in [2.75, 3.05) is 5.09 Å². The van der Waals surface area contributed by atoms with Crippen LogP contribution in [-0.2, 0) is 4.57 Å². The van der Waals surface area contributed by atoms with Crippen LogP contribution in [0.1, 0.15) is 5.56 Å². The minimum atomic E-state index is -4.23. The molecule has 0 saturated carbocycles. The van der Waals surface area contributed by atoms with Crippen molar-refractivity contribution >= 4 is 23.6 Å². The van der Waals surface area contributed by atoms with Crippen LogP contribution in [0.4, 0.5) is 27.6 Å². The van der Waals surface area contributed by atoms with Crippen molar-refractivity contribution in [3.05, 3.63) is 114 Å². The Morgan fingerprint density at radius 3 is 1.79 bits per heavy atom. The Morgan fingerprint density at radius 1 is 0.676 bits per heavy atom. The van der Waals surface area contributed by atoms with Crippen LogP contribution in [0, 0.1) is 40.4 Å². The molecule has 0 heterocycles. The van der Waals surface area contributed by atoms with Crippen molar-refractivity contribution < 1.29 is 26.5 Å². The van der Waals surface area contributed by atoms with Crippen LogP contribution in [-0.4, -0.2) is 0 Å². The summed E-state index contributed by atoms with van der Waals surface area (Å²) >= 11 is 0. The molecule has 0 aromatic heterocycles. The van der Waals surface area contributed by atoms with Crippen molar-refractivity contribution in [2.45, 2.75) is 0 Å². The maximum absolute atomic E-state index is 14.5. The lowest BCUT2D eigenvalue weighted by atomic mass is 10.0. The molecule has 1 atom stereocenters.